The lowest BCUT2D eigenvalue weighted by Gasteiger charge is -2.23. The van der Waals surface area contributed by atoms with Crippen molar-refractivity contribution in [2.45, 2.75) is 71.3 Å². The summed E-state index contributed by atoms with van der Waals surface area (Å²) in [5.41, 5.74) is 6.16. The lowest BCUT2D eigenvalue weighted by atomic mass is 9.87. The van der Waals surface area contributed by atoms with Gasteiger partial charge in [-0.3, -0.25) is 9.59 Å². The predicted molar refractivity (Wildman–Crippen MR) is 96.3 cm³/mol. The van der Waals surface area contributed by atoms with Gasteiger partial charge in [0, 0.05) is 25.4 Å². The number of amides is 1. The first-order valence-electron chi connectivity index (χ1n) is 9.32. The number of nitrogens with one attached hydrogen (secondary N) is 1. The van der Waals surface area contributed by atoms with Crippen LogP contribution in [-0.4, -0.2) is 31.1 Å². The van der Waals surface area contributed by atoms with Gasteiger partial charge < -0.3 is 15.8 Å². The highest BCUT2D eigenvalue weighted by Crippen LogP contribution is 2.21. The van der Waals surface area contributed by atoms with E-state index < -0.39 is 0 Å². The van der Waals surface area contributed by atoms with Gasteiger partial charge in [-0.05, 0) is 50.4 Å². The molecular formula is C19H34N2O3. The molecule has 2 atom stereocenters. The van der Waals surface area contributed by atoms with E-state index in [-0.39, 0.29) is 23.8 Å². The summed E-state index contributed by atoms with van der Waals surface area (Å²) >= 11 is 0. The van der Waals surface area contributed by atoms with E-state index in [9.17, 15) is 9.59 Å². The Bertz CT molecular complexity index is 407. The second kappa shape index (κ2) is 12.1. The van der Waals surface area contributed by atoms with Crippen LogP contribution in [-0.2, 0) is 14.3 Å². The quantitative estimate of drug-likeness (QED) is 0.385. The van der Waals surface area contributed by atoms with Gasteiger partial charge >= 0.3 is 5.97 Å². The van der Waals surface area contributed by atoms with Crippen LogP contribution in [0.4, 0.5) is 0 Å². The molecule has 24 heavy (non-hydrogen) atoms. The van der Waals surface area contributed by atoms with Gasteiger partial charge in [0.15, 0.2) is 0 Å². The maximum atomic E-state index is 12.0. The third kappa shape index (κ3) is 9.71. The highest BCUT2D eigenvalue weighted by Gasteiger charge is 2.21. The molecule has 0 fully saturated rings. The van der Waals surface area contributed by atoms with E-state index >= 15 is 0 Å². The normalized spacial score (nSPS) is 22.5. The number of carbonyl (C=O) groups is 2. The summed E-state index contributed by atoms with van der Waals surface area (Å²) in [6.07, 6.45) is 10.5. The van der Waals surface area contributed by atoms with Crippen molar-refractivity contribution in [3.63, 3.8) is 0 Å². The van der Waals surface area contributed by atoms with E-state index in [0.29, 0.717) is 38.3 Å². The van der Waals surface area contributed by atoms with Gasteiger partial charge in [0.2, 0.25) is 5.91 Å². The molecule has 0 aromatic carbocycles. The zero-order valence-electron chi connectivity index (χ0n) is 15.3. The molecule has 0 heterocycles. The Morgan fingerprint density at radius 3 is 2.67 bits per heavy atom. The zero-order chi connectivity index (χ0) is 17.8. The Morgan fingerprint density at radius 1 is 1.25 bits per heavy atom. The summed E-state index contributed by atoms with van der Waals surface area (Å²) in [6.45, 7) is 5.27. The van der Waals surface area contributed by atoms with Crippen LogP contribution < -0.4 is 11.1 Å². The lowest BCUT2D eigenvalue weighted by molar-refractivity contribution is -0.145. The van der Waals surface area contributed by atoms with Crippen LogP contribution in [0.5, 0.6) is 0 Å². The van der Waals surface area contributed by atoms with Crippen molar-refractivity contribution in [1.82, 2.24) is 5.32 Å². The molecule has 3 N–H and O–H groups in total. The molecule has 0 aliphatic heterocycles. The average Bonchev–Trinajstić information content (AvgIpc) is 2.51. The number of esters is 1. The number of allylic oxidation sites excluding steroid dienone is 2. The lowest BCUT2D eigenvalue weighted by Crippen LogP contribution is -2.32. The maximum Gasteiger partial charge on any atom is 0.306 e. The van der Waals surface area contributed by atoms with Crippen LogP contribution in [0.15, 0.2) is 12.2 Å². The largest absolute Gasteiger partial charge is 0.466 e. The SMILES string of the molecule is CC(C)CCNC(=O)CCCOC(=O)C[C@@H]1CC/C=C/CC[C@@H]1N. The number of hydrogen-bond donors (Lipinski definition) is 2. The number of carbonyl (C=O) groups excluding carboxylic acids is 2. The van der Waals surface area contributed by atoms with Crippen molar-refractivity contribution in [2.75, 3.05) is 13.2 Å². The number of hydrogen-bond acceptors (Lipinski definition) is 4. The first-order chi connectivity index (χ1) is 11.5. The summed E-state index contributed by atoms with van der Waals surface area (Å²) in [5, 5.41) is 2.88. The number of nitrogens with two attached hydrogens (primary N) is 1. The fourth-order valence-electron chi connectivity index (χ4n) is 2.82. The topological polar surface area (TPSA) is 81.4 Å². The summed E-state index contributed by atoms with van der Waals surface area (Å²) in [5.74, 6) is 0.615. The second-order valence-electron chi connectivity index (χ2n) is 7.11. The van der Waals surface area contributed by atoms with Gasteiger partial charge in [0.1, 0.15) is 0 Å². The Balaban J connectivity index is 2.12. The molecule has 1 rings (SSSR count). The fraction of sp³-hybridized carbons (Fsp3) is 0.789. The molecule has 0 aromatic rings. The van der Waals surface area contributed by atoms with Crippen molar-refractivity contribution in [1.29, 1.82) is 0 Å². The molecule has 0 spiro atoms. The smallest absolute Gasteiger partial charge is 0.306 e. The third-order valence-corrected chi connectivity index (χ3v) is 4.43. The second-order valence-corrected chi connectivity index (χ2v) is 7.11. The van der Waals surface area contributed by atoms with Crippen molar-refractivity contribution in [2.24, 2.45) is 17.6 Å². The van der Waals surface area contributed by atoms with Crippen LogP contribution in [0.25, 0.3) is 0 Å². The van der Waals surface area contributed by atoms with Crippen molar-refractivity contribution in [3.8, 4) is 0 Å². The molecule has 138 valence electrons. The molecule has 5 heteroatoms. The average molecular weight is 338 g/mol. The first-order valence-corrected chi connectivity index (χ1v) is 9.32. The van der Waals surface area contributed by atoms with Gasteiger partial charge in [-0.25, -0.2) is 0 Å². The van der Waals surface area contributed by atoms with Gasteiger partial charge in [-0.1, -0.05) is 26.0 Å². The highest BCUT2D eigenvalue weighted by atomic mass is 16.5. The van der Waals surface area contributed by atoms with Gasteiger partial charge in [-0.2, -0.15) is 0 Å². The van der Waals surface area contributed by atoms with Gasteiger partial charge in [-0.15, -0.1) is 0 Å². The highest BCUT2D eigenvalue weighted by molar-refractivity contribution is 5.75. The molecule has 1 aliphatic carbocycles. The van der Waals surface area contributed by atoms with E-state index in [0.717, 1.165) is 32.1 Å². The van der Waals surface area contributed by atoms with Crippen LogP contribution in [0, 0.1) is 11.8 Å². The summed E-state index contributed by atoms with van der Waals surface area (Å²) < 4.78 is 5.27. The monoisotopic (exact) mass is 338 g/mol. The maximum absolute atomic E-state index is 12.0. The number of rotatable bonds is 9. The van der Waals surface area contributed by atoms with Crippen molar-refractivity contribution >= 4 is 11.9 Å². The molecule has 0 bridgehead atoms. The van der Waals surface area contributed by atoms with E-state index in [1.165, 1.54) is 0 Å². The molecule has 5 nitrogen and oxygen atoms in total. The Hall–Kier alpha value is -1.36. The third-order valence-electron chi connectivity index (χ3n) is 4.43. The first kappa shape index (κ1) is 20.7. The van der Waals surface area contributed by atoms with Gasteiger partial charge in [0.05, 0.1) is 6.61 Å². The minimum Gasteiger partial charge on any atom is -0.466 e. The van der Waals surface area contributed by atoms with Gasteiger partial charge in [0.25, 0.3) is 0 Å². The summed E-state index contributed by atoms with van der Waals surface area (Å²) in [4.78, 5) is 23.6. The minimum atomic E-state index is -0.194. The molecular weight excluding hydrogens is 304 g/mol. The Kier molecular flexibility index (Phi) is 10.4. The van der Waals surface area contributed by atoms with Crippen molar-refractivity contribution in [3.05, 3.63) is 12.2 Å². The standard InChI is InChI=1S/C19H34N2O3/c1-15(2)11-12-21-18(22)10-7-13-24-19(23)14-16-8-5-3-4-6-9-17(16)20/h3-4,15-17H,5-14,20H2,1-2H3,(H,21,22)/b4-3+/t16-,17-/m0/s1. The molecule has 1 amide bonds. The summed E-state index contributed by atoms with van der Waals surface area (Å²) in [7, 11) is 0. The minimum absolute atomic E-state index is 0.0283. The molecule has 0 unspecified atom stereocenters. The fourth-order valence-corrected chi connectivity index (χ4v) is 2.82. The van der Waals surface area contributed by atoms with Crippen molar-refractivity contribution < 1.29 is 14.3 Å². The molecule has 0 saturated heterocycles. The summed E-state index contributed by atoms with van der Waals surface area (Å²) in [6, 6.07) is 0.0641. The Labute approximate surface area is 146 Å². The zero-order valence-corrected chi connectivity index (χ0v) is 15.3. The molecule has 0 saturated carbocycles. The number of ether oxygens (including phenoxy) is 1. The van der Waals surface area contributed by atoms with Crippen LogP contribution in [0.3, 0.4) is 0 Å². The van der Waals surface area contributed by atoms with E-state index in [1.54, 1.807) is 0 Å². The van der Waals surface area contributed by atoms with Crippen LogP contribution >= 0.6 is 0 Å². The Morgan fingerprint density at radius 2 is 1.96 bits per heavy atom. The molecule has 0 aromatic heterocycles. The van der Waals surface area contributed by atoms with E-state index in [2.05, 4.69) is 31.3 Å². The molecule has 1 aliphatic rings. The van der Waals surface area contributed by atoms with Crippen LogP contribution in [0.1, 0.15) is 65.2 Å². The molecule has 0 radical (unpaired) electrons. The predicted octanol–water partition coefficient (Wildman–Crippen LogP) is 2.94. The van der Waals surface area contributed by atoms with E-state index in [4.69, 9.17) is 10.5 Å². The van der Waals surface area contributed by atoms with E-state index in [1.807, 2.05) is 0 Å². The van der Waals surface area contributed by atoms with Crippen LogP contribution in [0.2, 0.25) is 0 Å².